The zero-order valence-electron chi connectivity index (χ0n) is 12.8. The second-order valence-electron chi connectivity index (χ2n) is 6.28. The van der Waals surface area contributed by atoms with Gasteiger partial charge in [-0.2, -0.15) is 0 Å². The summed E-state index contributed by atoms with van der Waals surface area (Å²) in [7, 11) is 0. The molecule has 0 saturated carbocycles. The van der Waals surface area contributed by atoms with Gasteiger partial charge in [0.1, 0.15) is 0 Å². The van der Waals surface area contributed by atoms with Crippen molar-refractivity contribution >= 4 is 17.4 Å². The first-order valence-electron chi connectivity index (χ1n) is 7.47. The van der Waals surface area contributed by atoms with Gasteiger partial charge in [-0.25, -0.2) is 0 Å². The minimum Gasteiger partial charge on any atom is -0.326 e. The molecule has 1 amide bonds. The largest absolute Gasteiger partial charge is 0.326 e. The van der Waals surface area contributed by atoms with Gasteiger partial charge in [-0.15, -0.1) is 0 Å². The number of nitrogens with one attached hydrogen (secondary N) is 1. The lowest BCUT2D eigenvalue weighted by molar-refractivity contribution is -0.114. The van der Waals surface area contributed by atoms with Crippen LogP contribution in [0.3, 0.4) is 0 Å². The fourth-order valence-electron chi connectivity index (χ4n) is 3.28. The SMILES string of the molecule is CC(=O)Nc1cccc(CC2(C)Cc3ccccc3C2=O)c1. The third-order valence-corrected chi connectivity index (χ3v) is 4.23. The Kier molecular flexibility index (Phi) is 3.57. The summed E-state index contributed by atoms with van der Waals surface area (Å²) in [6, 6.07) is 15.6. The summed E-state index contributed by atoms with van der Waals surface area (Å²) in [5.74, 6) is 0.126. The van der Waals surface area contributed by atoms with Crippen LogP contribution >= 0.6 is 0 Å². The number of hydrogen-bond acceptors (Lipinski definition) is 2. The Balaban J connectivity index is 1.85. The number of amides is 1. The zero-order chi connectivity index (χ0) is 15.7. The molecule has 2 aromatic rings. The number of hydrogen-bond donors (Lipinski definition) is 1. The number of anilines is 1. The molecule has 0 spiro atoms. The van der Waals surface area contributed by atoms with Gasteiger partial charge in [-0.3, -0.25) is 9.59 Å². The van der Waals surface area contributed by atoms with E-state index in [2.05, 4.69) is 5.32 Å². The molecule has 0 bridgehead atoms. The first-order valence-corrected chi connectivity index (χ1v) is 7.47. The molecular weight excluding hydrogens is 274 g/mol. The van der Waals surface area contributed by atoms with Crippen molar-refractivity contribution in [2.45, 2.75) is 26.7 Å². The summed E-state index contributed by atoms with van der Waals surface area (Å²) in [6.07, 6.45) is 1.44. The van der Waals surface area contributed by atoms with E-state index < -0.39 is 5.41 Å². The van der Waals surface area contributed by atoms with Crippen LogP contribution in [0, 0.1) is 5.41 Å². The Morgan fingerprint density at radius 3 is 2.68 bits per heavy atom. The van der Waals surface area contributed by atoms with E-state index in [9.17, 15) is 9.59 Å². The van der Waals surface area contributed by atoms with Gasteiger partial charge in [0.05, 0.1) is 0 Å². The molecule has 0 aromatic heterocycles. The maximum Gasteiger partial charge on any atom is 0.221 e. The summed E-state index contributed by atoms with van der Waals surface area (Å²) < 4.78 is 0. The van der Waals surface area contributed by atoms with Crippen LogP contribution in [0.2, 0.25) is 0 Å². The predicted molar refractivity (Wildman–Crippen MR) is 87.0 cm³/mol. The van der Waals surface area contributed by atoms with Gasteiger partial charge in [0.2, 0.25) is 5.91 Å². The van der Waals surface area contributed by atoms with Crippen LogP contribution in [-0.4, -0.2) is 11.7 Å². The van der Waals surface area contributed by atoms with Gasteiger partial charge in [0.25, 0.3) is 0 Å². The first-order chi connectivity index (χ1) is 10.5. The molecule has 0 aliphatic heterocycles. The second kappa shape index (κ2) is 5.41. The third kappa shape index (κ3) is 2.67. The fraction of sp³-hybridized carbons (Fsp3) is 0.263. The Labute approximate surface area is 130 Å². The lowest BCUT2D eigenvalue weighted by Gasteiger charge is -2.22. The van der Waals surface area contributed by atoms with Crippen LogP contribution in [0.15, 0.2) is 48.5 Å². The van der Waals surface area contributed by atoms with E-state index in [-0.39, 0.29) is 11.7 Å². The molecule has 1 N–H and O–H groups in total. The van der Waals surface area contributed by atoms with E-state index in [4.69, 9.17) is 0 Å². The van der Waals surface area contributed by atoms with Crippen molar-refractivity contribution in [3.05, 3.63) is 65.2 Å². The topological polar surface area (TPSA) is 46.2 Å². The number of rotatable bonds is 3. The Morgan fingerprint density at radius 1 is 1.18 bits per heavy atom. The quantitative estimate of drug-likeness (QED) is 0.939. The van der Waals surface area contributed by atoms with Crippen molar-refractivity contribution in [3.63, 3.8) is 0 Å². The van der Waals surface area contributed by atoms with Gasteiger partial charge < -0.3 is 5.32 Å². The summed E-state index contributed by atoms with van der Waals surface area (Å²) >= 11 is 0. The molecule has 1 atom stereocenters. The summed E-state index contributed by atoms with van der Waals surface area (Å²) in [4.78, 5) is 23.9. The summed E-state index contributed by atoms with van der Waals surface area (Å²) in [5.41, 5.74) is 3.42. The number of carbonyl (C=O) groups is 2. The van der Waals surface area contributed by atoms with Gasteiger partial charge in [0, 0.05) is 23.6 Å². The molecule has 0 fully saturated rings. The molecule has 2 aromatic carbocycles. The van der Waals surface area contributed by atoms with Gasteiger partial charge in [-0.05, 0) is 36.1 Å². The first kappa shape index (κ1) is 14.5. The molecule has 112 valence electrons. The third-order valence-electron chi connectivity index (χ3n) is 4.23. The molecular formula is C19H19NO2. The van der Waals surface area contributed by atoms with Crippen LogP contribution < -0.4 is 5.32 Å². The van der Waals surface area contributed by atoms with E-state index >= 15 is 0 Å². The fourth-order valence-corrected chi connectivity index (χ4v) is 3.28. The highest BCUT2D eigenvalue weighted by Gasteiger charge is 2.41. The van der Waals surface area contributed by atoms with Crippen LogP contribution in [0.1, 0.15) is 35.3 Å². The molecule has 1 aliphatic carbocycles. The molecule has 3 rings (SSSR count). The minimum atomic E-state index is -0.404. The van der Waals surface area contributed by atoms with Gasteiger partial charge >= 0.3 is 0 Å². The normalized spacial score (nSPS) is 19.8. The second-order valence-corrected chi connectivity index (χ2v) is 6.28. The average molecular weight is 293 g/mol. The number of benzene rings is 2. The number of carbonyl (C=O) groups excluding carboxylic acids is 2. The molecule has 0 saturated heterocycles. The molecule has 0 heterocycles. The van der Waals surface area contributed by atoms with Crippen molar-refractivity contribution in [1.29, 1.82) is 0 Å². The van der Waals surface area contributed by atoms with Crippen molar-refractivity contribution in [2.24, 2.45) is 5.41 Å². The number of Topliss-reactive ketones (excluding diaryl/α,β-unsaturated/α-hetero) is 1. The van der Waals surface area contributed by atoms with Crippen LogP contribution in [0.5, 0.6) is 0 Å². The monoisotopic (exact) mass is 293 g/mol. The molecule has 1 unspecified atom stereocenters. The van der Waals surface area contributed by atoms with Crippen molar-refractivity contribution in [1.82, 2.24) is 0 Å². The predicted octanol–water partition coefficient (Wildman–Crippen LogP) is 3.63. The molecule has 3 nitrogen and oxygen atoms in total. The maximum atomic E-state index is 12.7. The Bertz CT molecular complexity index is 751. The highest BCUT2D eigenvalue weighted by Crippen LogP contribution is 2.39. The van der Waals surface area contributed by atoms with E-state index in [0.717, 1.165) is 28.8 Å². The van der Waals surface area contributed by atoms with E-state index in [1.165, 1.54) is 6.92 Å². The standard InChI is InChI=1S/C19H19NO2/c1-13(21)20-16-8-5-6-14(10-16)11-19(2)12-15-7-3-4-9-17(15)18(19)22/h3-10H,11-12H2,1-2H3,(H,20,21). The number of fused-ring (bicyclic) bond motifs is 1. The van der Waals surface area contributed by atoms with Gasteiger partial charge in [-0.1, -0.05) is 43.3 Å². The lowest BCUT2D eigenvalue weighted by atomic mass is 9.80. The highest BCUT2D eigenvalue weighted by molar-refractivity contribution is 6.04. The molecule has 1 aliphatic rings. The van der Waals surface area contributed by atoms with Crippen LogP contribution in [0.4, 0.5) is 5.69 Å². The minimum absolute atomic E-state index is 0.0901. The lowest BCUT2D eigenvalue weighted by Crippen LogP contribution is -2.26. The van der Waals surface area contributed by atoms with Crippen LogP contribution in [-0.2, 0) is 17.6 Å². The molecule has 3 heteroatoms. The summed E-state index contributed by atoms with van der Waals surface area (Å²) in [6.45, 7) is 3.52. The highest BCUT2D eigenvalue weighted by atomic mass is 16.1. The van der Waals surface area contributed by atoms with E-state index in [0.29, 0.717) is 6.42 Å². The van der Waals surface area contributed by atoms with Crippen molar-refractivity contribution in [3.8, 4) is 0 Å². The Morgan fingerprint density at radius 2 is 1.95 bits per heavy atom. The zero-order valence-corrected chi connectivity index (χ0v) is 12.8. The molecule has 22 heavy (non-hydrogen) atoms. The summed E-state index contributed by atoms with van der Waals surface area (Å²) in [5, 5.41) is 2.79. The van der Waals surface area contributed by atoms with Crippen LogP contribution in [0.25, 0.3) is 0 Å². The maximum absolute atomic E-state index is 12.7. The van der Waals surface area contributed by atoms with Crippen molar-refractivity contribution in [2.75, 3.05) is 5.32 Å². The Hall–Kier alpha value is -2.42. The smallest absolute Gasteiger partial charge is 0.221 e. The van der Waals surface area contributed by atoms with Crippen molar-refractivity contribution < 1.29 is 9.59 Å². The van der Waals surface area contributed by atoms with E-state index in [1.807, 2.05) is 55.5 Å². The number of ketones is 1. The molecule has 0 radical (unpaired) electrons. The van der Waals surface area contributed by atoms with E-state index in [1.54, 1.807) is 0 Å². The average Bonchev–Trinajstić information content (AvgIpc) is 2.70. The van der Waals surface area contributed by atoms with Gasteiger partial charge in [0.15, 0.2) is 5.78 Å².